The van der Waals surface area contributed by atoms with Crippen LogP contribution >= 0.6 is 39.1 Å². The topological polar surface area (TPSA) is 88.2 Å². The van der Waals surface area contributed by atoms with Crippen molar-refractivity contribution >= 4 is 60.7 Å². The lowest BCUT2D eigenvalue weighted by atomic mass is 10.1. The zero-order chi connectivity index (χ0) is 20.4. The second-order valence-corrected chi connectivity index (χ2v) is 8.37. The number of halogens is 6. The Labute approximate surface area is 170 Å². The number of pyridine rings is 1. The van der Waals surface area contributed by atoms with E-state index in [1.54, 1.807) is 5.32 Å². The number of benzene rings is 1. The largest absolute Gasteiger partial charge is 0.405 e. The van der Waals surface area contributed by atoms with Crippen LogP contribution in [0.3, 0.4) is 0 Å². The van der Waals surface area contributed by atoms with Crippen LogP contribution < -0.4 is 10.0 Å². The van der Waals surface area contributed by atoms with Gasteiger partial charge in [0.05, 0.1) is 15.7 Å². The number of nitrogens with one attached hydrogen (secondary N) is 2. The Morgan fingerprint density at radius 3 is 2.48 bits per heavy atom. The quantitative estimate of drug-likeness (QED) is 0.593. The molecule has 146 valence electrons. The van der Waals surface area contributed by atoms with Crippen molar-refractivity contribution in [1.82, 2.24) is 10.3 Å². The highest BCUT2D eigenvalue weighted by Crippen LogP contribution is 2.27. The summed E-state index contributed by atoms with van der Waals surface area (Å²) in [5, 5.41) is 1.72. The van der Waals surface area contributed by atoms with E-state index < -0.39 is 28.7 Å². The van der Waals surface area contributed by atoms with Crippen LogP contribution in [-0.4, -0.2) is 32.0 Å². The van der Waals surface area contributed by atoms with Gasteiger partial charge in [0.1, 0.15) is 16.6 Å². The number of amides is 1. The number of hydrogen-bond donors (Lipinski definition) is 2. The molecular weight excluding hydrogens is 498 g/mol. The van der Waals surface area contributed by atoms with Crippen LogP contribution in [0.5, 0.6) is 0 Å². The Kier molecular flexibility index (Phi) is 6.61. The number of carbonyl (C=O) groups is 1. The summed E-state index contributed by atoms with van der Waals surface area (Å²) in [5.74, 6) is -1.15. The van der Waals surface area contributed by atoms with E-state index in [0.29, 0.717) is 0 Å². The number of alkyl halides is 3. The van der Waals surface area contributed by atoms with Crippen LogP contribution in [0, 0.1) is 0 Å². The van der Waals surface area contributed by atoms with E-state index in [1.165, 1.54) is 12.1 Å². The average molecular weight is 507 g/mol. The van der Waals surface area contributed by atoms with Crippen molar-refractivity contribution in [3.8, 4) is 0 Å². The van der Waals surface area contributed by atoms with Gasteiger partial charge in [-0.25, -0.2) is 13.4 Å². The van der Waals surface area contributed by atoms with Crippen molar-refractivity contribution in [2.45, 2.75) is 11.1 Å². The van der Waals surface area contributed by atoms with Gasteiger partial charge in [-0.05, 0) is 40.2 Å². The van der Waals surface area contributed by atoms with E-state index >= 15 is 0 Å². The third-order valence-corrected chi connectivity index (χ3v) is 5.70. The molecule has 0 aliphatic heterocycles. The number of rotatable bonds is 5. The average Bonchev–Trinajstić information content (AvgIpc) is 2.55. The van der Waals surface area contributed by atoms with E-state index in [2.05, 4.69) is 25.6 Å². The Hall–Kier alpha value is -1.56. The fourth-order valence-electron chi connectivity index (χ4n) is 1.82. The van der Waals surface area contributed by atoms with Gasteiger partial charge in [-0.2, -0.15) is 13.2 Å². The lowest BCUT2D eigenvalue weighted by Crippen LogP contribution is -2.34. The highest BCUT2D eigenvalue weighted by atomic mass is 79.9. The molecule has 6 nitrogen and oxygen atoms in total. The molecule has 0 saturated heterocycles. The van der Waals surface area contributed by atoms with Crippen molar-refractivity contribution in [3.05, 3.63) is 50.7 Å². The Bertz CT molecular complexity index is 987. The number of nitrogens with zero attached hydrogens (tertiary/aromatic N) is 1. The monoisotopic (exact) mass is 505 g/mol. The molecule has 0 radical (unpaired) electrons. The molecule has 0 aliphatic rings. The standard InChI is InChI=1S/C14H9BrCl2F3N3O3S/c15-10-4-8(5-21-12(10)17)27(25,26)23-11-2-1-7(16)3-9(11)13(24)22-6-14(18,19)20/h1-5,23H,6H2,(H,22,24). The highest BCUT2D eigenvalue weighted by molar-refractivity contribution is 9.10. The first-order chi connectivity index (χ1) is 12.4. The van der Waals surface area contributed by atoms with Crippen molar-refractivity contribution in [2.75, 3.05) is 11.3 Å². The number of hydrogen-bond acceptors (Lipinski definition) is 4. The maximum Gasteiger partial charge on any atom is 0.405 e. The first-order valence-corrected chi connectivity index (χ1v) is 9.90. The summed E-state index contributed by atoms with van der Waals surface area (Å²) >= 11 is 14.5. The SMILES string of the molecule is O=C(NCC(F)(F)F)c1cc(Cl)ccc1NS(=O)(=O)c1cnc(Cl)c(Br)c1. The molecule has 2 aromatic rings. The Morgan fingerprint density at radius 2 is 1.89 bits per heavy atom. The minimum Gasteiger partial charge on any atom is -0.343 e. The Balaban J connectivity index is 2.35. The number of sulfonamides is 1. The molecule has 1 aromatic heterocycles. The number of anilines is 1. The van der Waals surface area contributed by atoms with Gasteiger partial charge in [-0.3, -0.25) is 9.52 Å². The zero-order valence-electron chi connectivity index (χ0n) is 12.9. The molecule has 0 saturated carbocycles. The van der Waals surface area contributed by atoms with E-state index in [4.69, 9.17) is 23.2 Å². The van der Waals surface area contributed by atoms with E-state index in [0.717, 1.165) is 18.3 Å². The summed E-state index contributed by atoms with van der Waals surface area (Å²) in [7, 11) is -4.21. The zero-order valence-corrected chi connectivity index (χ0v) is 16.9. The fourth-order valence-corrected chi connectivity index (χ4v) is 3.65. The van der Waals surface area contributed by atoms with Crippen LogP contribution in [0.4, 0.5) is 18.9 Å². The van der Waals surface area contributed by atoms with Crippen molar-refractivity contribution < 1.29 is 26.4 Å². The molecule has 0 spiro atoms. The van der Waals surface area contributed by atoms with Gasteiger partial charge in [0.25, 0.3) is 15.9 Å². The van der Waals surface area contributed by atoms with Crippen LogP contribution in [0.2, 0.25) is 10.2 Å². The summed E-state index contributed by atoms with van der Waals surface area (Å²) in [6, 6.07) is 4.65. The second kappa shape index (κ2) is 8.21. The minimum absolute atomic E-state index is 0.0333. The number of aromatic nitrogens is 1. The van der Waals surface area contributed by atoms with E-state index in [9.17, 15) is 26.4 Å². The molecule has 0 aliphatic carbocycles. The lowest BCUT2D eigenvalue weighted by molar-refractivity contribution is -0.123. The highest BCUT2D eigenvalue weighted by Gasteiger charge is 2.29. The molecule has 0 bridgehead atoms. The summed E-state index contributed by atoms with van der Waals surface area (Å²) < 4.78 is 64.2. The van der Waals surface area contributed by atoms with Gasteiger partial charge < -0.3 is 5.32 Å². The van der Waals surface area contributed by atoms with Crippen molar-refractivity contribution in [1.29, 1.82) is 0 Å². The summed E-state index contributed by atoms with van der Waals surface area (Å²) in [4.78, 5) is 15.5. The van der Waals surface area contributed by atoms with E-state index in [-0.39, 0.29) is 30.8 Å². The minimum atomic E-state index is -4.63. The molecule has 0 atom stereocenters. The number of carbonyl (C=O) groups excluding carboxylic acids is 1. The molecule has 2 N–H and O–H groups in total. The van der Waals surface area contributed by atoms with Crippen molar-refractivity contribution in [2.24, 2.45) is 0 Å². The predicted molar refractivity (Wildman–Crippen MR) is 97.6 cm³/mol. The van der Waals surface area contributed by atoms with Crippen molar-refractivity contribution in [3.63, 3.8) is 0 Å². The maximum atomic E-state index is 12.5. The normalized spacial score (nSPS) is 11.9. The summed E-state index contributed by atoms with van der Waals surface area (Å²) in [6.07, 6.45) is -3.65. The molecule has 13 heteroatoms. The molecular formula is C14H9BrCl2F3N3O3S. The molecule has 2 rings (SSSR count). The smallest absolute Gasteiger partial charge is 0.343 e. The molecule has 1 amide bonds. The molecule has 27 heavy (non-hydrogen) atoms. The maximum absolute atomic E-state index is 12.5. The Morgan fingerprint density at radius 1 is 1.22 bits per heavy atom. The second-order valence-electron chi connectivity index (χ2n) is 5.04. The van der Waals surface area contributed by atoms with Gasteiger partial charge in [0, 0.05) is 11.2 Å². The molecule has 1 aromatic carbocycles. The molecule has 0 unspecified atom stereocenters. The van der Waals surface area contributed by atoms with Crippen LogP contribution in [0.1, 0.15) is 10.4 Å². The van der Waals surface area contributed by atoms with Gasteiger partial charge in [0.15, 0.2) is 0 Å². The van der Waals surface area contributed by atoms with Crippen LogP contribution in [0.15, 0.2) is 39.8 Å². The third-order valence-electron chi connectivity index (χ3n) is 3.00. The fraction of sp³-hybridized carbons (Fsp3) is 0.143. The van der Waals surface area contributed by atoms with Gasteiger partial charge in [-0.15, -0.1) is 0 Å². The van der Waals surface area contributed by atoms with E-state index in [1.807, 2.05) is 0 Å². The molecule has 0 fully saturated rings. The first kappa shape index (κ1) is 21.7. The first-order valence-electron chi connectivity index (χ1n) is 6.87. The predicted octanol–water partition coefficient (Wildman–Crippen LogP) is 4.24. The third kappa shape index (κ3) is 5.96. The van der Waals surface area contributed by atoms with Crippen LogP contribution in [-0.2, 0) is 10.0 Å². The van der Waals surface area contributed by atoms with Gasteiger partial charge >= 0.3 is 6.18 Å². The van der Waals surface area contributed by atoms with Gasteiger partial charge in [0.2, 0.25) is 0 Å². The van der Waals surface area contributed by atoms with Gasteiger partial charge in [-0.1, -0.05) is 23.2 Å². The molecule has 1 heterocycles. The lowest BCUT2D eigenvalue weighted by Gasteiger charge is -2.14. The summed E-state index contributed by atoms with van der Waals surface area (Å²) in [5.41, 5.74) is -0.638. The summed E-state index contributed by atoms with van der Waals surface area (Å²) in [6.45, 7) is -1.58. The van der Waals surface area contributed by atoms with Crippen LogP contribution in [0.25, 0.3) is 0 Å².